The fraction of sp³-hybridized carbons (Fsp3) is 0.571. The fourth-order valence-electron chi connectivity index (χ4n) is 3.02. The predicted octanol–water partition coefficient (Wildman–Crippen LogP) is 2.22. The Morgan fingerprint density at radius 1 is 1.37 bits per heavy atom. The number of fused-ring (bicyclic) bond motifs is 1. The van der Waals surface area contributed by atoms with Crippen LogP contribution in [0.3, 0.4) is 0 Å². The van der Waals surface area contributed by atoms with Crippen molar-refractivity contribution in [1.82, 2.24) is 10.3 Å². The Balaban J connectivity index is 2.05. The molecule has 2 aliphatic heterocycles. The van der Waals surface area contributed by atoms with Gasteiger partial charge >= 0.3 is 0 Å². The van der Waals surface area contributed by atoms with Crippen molar-refractivity contribution in [2.24, 2.45) is 0 Å². The van der Waals surface area contributed by atoms with E-state index in [2.05, 4.69) is 26.2 Å². The summed E-state index contributed by atoms with van der Waals surface area (Å²) >= 11 is 3.40. The Kier molecular flexibility index (Phi) is 3.14. The molecule has 5 heteroatoms. The molecule has 1 amide bonds. The monoisotopic (exact) mass is 323 g/mol. The zero-order valence-electron chi connectivity index (χ0n) is 11.2. The second-order valence-electron chi connectivity index (χ2n) is 5.78. The SMILES string of the molecule is CC1(C)C(=O)N(C2CCNCC2)c2ccc(Br)nc21. The number of carbonyl (C=O) groups excluding carboxylic acids is 1. The van der Waals surface area contributed by atoms with E-state index in [0.29, 0.717) is 6.04 Å². The second-order valence-corrected chi connectivity index (χ2v) is 6.60. The van der Waals surface area contributed by atoms with Gasteiger partial charge in [0.15, 0.2) is 0 Å². The van der Waals surface area contributed by atoms with Gasteiger partial charge in [0.2, 0.25) is 5.91 Å². The Labute approximate surface area is 121 Å². The highest BCUT2D eigenvalue weighted by atomic mass is 79.9. The Morgan fingerprint density at radius 2 is 2.05 bits per heavy atom. The van der Waals surface area contributed by atoms with E-state index in [-0.39, 0.29) is 5.91 Å². The molecule has 0 spiro atoms. The molecule has 3 heterocycles. The van der Waals surface area contributed by atoms with Crippen molar-refractivity contribution < 1.29 is 4.79 Å². The predicted molar refractivity (Wildman–Crippen MR) is 78.3 cm³/mol. The molecule has 1 aromatic rings. The summed E-state index contributed by atoms with van der Waals surface area (Å²) in [5, 5.41) is 3.35. The van der Waals surface area contributed by atoms with Gasteiger partial charge in [-0.3, -0.25) is 4.79 Å². The van der Waals surface area contributed by atoms with Gasteiger partial charge in [-0.1, -0.05) is 0 Å². The lowest BCUT2D eigenvalue weighted by molar-refractivity contribution is -0.122. The van der Waals surface area contributed by atoms with Crippen molar-refractivity contribution >= 4 is 27.5 Å². The summed E-state index contributed by atoms with van der Waals surface area (Å²) < 4.78 is 0.791. The Morgan fingerprint density at radius 3 is 2.74 bits per heavy atom. The third-order valence-corrected chi connectivity index (χ3v) is 4.56. The number of rotatable bonds is 1. The van der Waals surface area contributed by atoms with Crippen molar-refractivity contribution in [3.63, 3.8) is 0 Å². The summed E-state index contributed by atoms with van der Waals surface area (Å²) in [6.45, 7) is 5.89. The summed E-state index contributed by atoms with van der Waals surface area (Å²) in [4.78, 5) is 19.3. The number of hydrogen-bond acceptors (Lipinski definition) is 3. The van der Waals surface area contributed by atoms with E-state index < -0.39 is 5.41 Å². The van der Waals surface area contributed by atoms with Crippen LogP contribution in [-0.4, -0.2) is 30.0 Å². The summed E-state index contributed by atoms with van der Waals surface area (Å²) in [7, 11) is 0. The average molecular weight is 324 g/mol. The van der Waals surface area contributed by atoms with E-state index in [1.165, 1.54) is 0 Å². The topological polar surface area (TPSA) is 45.2 Å². The number of piperidine rings is 1. The molecule has 3 rings (SSSR count). The van der Waals surface area contributed by atoms with E-state index in [1.54, 1.807) is 0 Å². The Hall–Kier alpha value is -0.940. The molecule has 0 radical (unpaired) electrons. The van der Waals surface area contributed by atoms with Crippen molar-refractivity contribution in [2.75, 3.05) is 18.0 Å². The van der Waals surface area contributed by atoms with Crippen LogP contribution in [0.5, 0.6) is 0 Å². The van der Waals surface area contributed by atoms with Crippen molar-refractivity contribution in [2.45, 2.75) is 38.1 Å². The number of amides is 1. The highest BCUT2D eigenvalue weighted by Gasteiger charge is 2.47. The van der Waals surface area contributed by atoms with Crippen molar-refractivity contribution in [1.29, 1.82) is 0 Å². The lowest BCUT2D eigenvalue weighted by Gasteiger charge is -2.32. The molecule has 1 N–H and O–H groups in total. The Bertz CT molecular complexity index is 523. The highest BCUT2D eigenvalue weighted by Crippen LogP contribution is 2.42. The molecule has 4 nitrogen and oxygen atoms in total. The summed E-state index contributed by atoms with van der Waals surface area (Å²) in [5.41, 5.74) is 1.36. The molecule has 2 aliphatic rings. The number of carbonyl (C=O) groups is 1. The number of hydrogen-bond donors (Lipinski definition) is 1. The van der Waals surface area contributed by atoms with Crippen LogP contribution < -0.4 is 10.2 Å². The van der Waals surface area contributed by atoms with Crippen molar-refractivity contribution in [3.8, 4) is 0 Å². The van der Waals surface area contributed by atoms with Crippen LogP contribution >= 0.6 is 15.9 Å². The first-order chi connectivity index (χ1) is 9.01. The molecule has 0 aromatic carbocycles. The van der Waals surface area contributed by atoms with Crippen molar-refractivity contribution in [3.05, 3.63) is 22.4 Å². The van der Waals surface area contributed by atoms with Crippen LogP contribution in [0, 0.1) is 0 Å². The number of pyridine rings is 1. The molecule has 1 aromatic heterocycles. The molecule has 102 valence electrons. The van der Waals surface area contributed by atoms with Crippen LogP contribution in [0.1, 0.15) is 32.4 Å². The fourth-order valence-corrected chi connectivity index (χ4v) is 3.33. The summed E-state index contributed by atoms with van der Waals surface area (Å²) in [5.74, 6) is 0.181. The van der Waals surface area contributed by atoms with E-state index in [4.69, 9.17) is 0 Å². The molecule has 0 aliphatic carbocycles. The van der Waals surface area contributed by atoms with E-state index >= 15 is 0 Å². The van der Waals surface area contributed by atoms with Crippen LogP contribution in [-0.2, 0) is 10.2 Å². The van der Waals surface area contributed by atoms with Gasteiger partial charge in [0.25, 0.3) is 0 Å². The molecule has 19 heavy (non-hydrogen) atoms. The molecular weight excluding hydrogens is 306 g/mol. The number of halogens is 1. The maximum absolute atomic E-state index is 12.7. The lowest BCUT2D eigenvalue weighted by atomic mass is 9.90. The molecule has 0 unspecified atom stereocenters. The quantitative estimate of drug-likeness (QED) is 0.806. The van der Waals surface area contributed by atoms with Crippen LogP contribution in [0.15, 0.2) is 16.7 Å². The molecule has 1 saturated heterocycles. The summed E-state index contributed by atoms with van der Waals surface area (Å²) in [6, 6.07) is 4.24. The minimum Gasteiger partial charge on any atom is -0.317 e. The van der Waals surface area contributed by atoms with Crippen LogP contribution in [0.2, 0.25) is 0 Å². The van der Waals surface area contributed by atoms with E-state index in [9.17, 15) is 4.79 Å². The number of anilines is 1. The largest absolute Gasteiger partial charge is 0.317 e. The molecule has 1 fully saturated rings. The third-order valence-electron chi connectivity index (χ3n) is 4.12. The van der Waals surface area contributed by atoms with Gasteiger partial charge in [-0.2, -0.15) is 0 Å². The maximum Gasteiger partial charge on any atom is 0.239 e. The first-order valence-electron chi connectivity index (χ1n) is 6.73. The van der Waals surface area contributed by atoms with E-state index in [1.807, 2.05) is 30.9 Å². The first kappa shape index (κ1) is 13.1. The zero-order valence-corrected chi connectivity index (χ0v) is 12.8. The zero-order chi connectivity index (χ0) is 13.6. The molecule has 0 saturated carbocycles. The van der Waals surface area contributed by atoms with Crippen LogP contribution in [0.25, 0.3) is 0 Å². The minimum atomic E-state index is -0.524. The average Bonchev–Trinajstić information content (AvgIpc) is 2.59. The number of nitrogens with zero attached hydrogens (tertiary/aromatic N) is 2. The first-order valence-corrected chi connectivity index (χ1v) is 7.52. The number of nitrogens with one attached hydrogen (secondary N) is 1. The normalized spacial score (nSPS) is 22.7. The molecular formula is C14H18BrN3O. The maximum atomic E-state index is 12.7. The lowest BCUT2D eigenvalue weighted by Crippen LogP contribution is -2.47. The van der Waals surface area contributed by atoms with Gasteiger partial charge in [0.1, 0.15) is 4.60 Å². The standard InChI is InChI=1S/C14H18BrN3O/c1-14(2)12-10(3-4-11(15)17-12)18(13(14)19)9-5-7-16-8-6-9/h3-4,9,16H,5-8H2,1-2H3. The second kappa shape index (κ2) is 4.56. The number of aromatic nitrogens is 1. The van der Waals surface area contributed by atoms with Gasteiger partial charge in [0, 0.05) is 6.04 Å². The summed E-state index contributed by atoms with van der Waals surface area (Å²) in [6.07, 6.45) is 2.02. The van der Waals surface area contributed by atoms with Gasteiger partial charge < -0.3 is 10.2 Å². The van der Waals surface area contributed by atoms with Gasteiger partial charge in [-0.25, -0.2) is 4.98 Å². The smallest absolute Gasteiger partial charge is 0.239 e. The van der Waals surface area contributed by atoms with Gasteiger partial charge in [0.05, 0.1) is 16.8 Å². The van der Waals surface area contributed by atoms with Gasteiger partial charge in [-0.15, -0.1) is 0 Å². The highest BCUT2D eigenvalue weighted by molar-refractivity contribution is 9.10. The molecule has 0 atom stereocenters. The third kappa shape index (κ3) is 1.99. The van der Waals surface area contributed by atoms with E-state index in [0.717, 1.165) is 41.9 Å². The van der Waals surface area contributed by atoms with Gasteiger partial charge in [-0.05, 0) is 67.8 Å². The minimum absolute atomic E-state index is 0.181. The van der Waals surface area contributed by atoms with Crippen LogP contribution in [0.4, 0.5) is 5.69 Å². The molecule has 0 bridgehead atoms.